The molecule has 0 radical (unpaired) electrons. The van der Waals surface area contributed by atoms with Crippen LogP contribution in [0.3, 0.4) is 0 Å². The van der Waals surface area contributed by atoms with Crippen molar-refractivity contribution >= 4 is 0 Å². The van der Waals surface area contributed by atoms with Gasteiger partial charge in [-0.15, -0.1) is 0 Å². The number of hydrogen-bond donors (Lipinski definition) is 0. The van der Waals surface area contributed by atoms with Gasteiger partial charge in [0, 0.05) is 11.0 Å². The predicted octanol–water partition coefficient (Wildman–Crippen LogP) is 6.82. The lowest BCUT2D eigenvalue weighted by Gasteiger charge is -2.43. The van der Waals surface area contributed by atoms with Crippen LogP contribution in [-0.2, 0) is 10.2 Å². The Balaban J connectivity index is 1.78. The Morgan fingerprint density at radius 1 is 0.966 bits per heavy atom. The molecule has 0 spiro atoms. The standard InChI is InChI=1S/C22H22F6O/c1-15(29-14-20(10-5-11-20)17-6-3-2-4-7-17)16-8-9-18(21(23,24)25)13-19(12-16)22(26,27)28/h2-4,6-8,12-13,15H,5,9-11,14H2,1H3. The van der Waals surface area contributed by atoms with Crippen LogP contribution in [0.25, 0.3) is 0 Å². The van der Waals surface area contributed by atoms with Gasteiger partial charge in [-0.25, -0.2) is 0 Å². The molecule has 1 aromatic carbocycles. The van der Waals surface area contributed by atoms with Crippen LogP contribution in [0.15, 0.2) is 65.3 Å². The molecule has 0 aliphatic heterocycles. The summed E-state index contributed by atoms with van der Waals surface area (Å²) in [5, 5.41) is 0. The van der Waals surface area contributed by atoms with E-state index in [2.05, 4.69) is 0 Å². The van der Waals surface area contributed by atoms with Gasteiger partial charge in [0.15, 0.2) is 0 Å². The van der Waals surface area contributed by atoms with Crippen LogP contribution in [0.4, 0.5) is 26.3 Å². The maximum Gasteiger partial charge on any atom is 0.416 e. The SMILES string of the molecule is CC(OCC1(c2ccccc2)CCC1)C1=CCC(C(F)(F)F)=CC(C(F)(F)F)=C1. The molecule has 1 nitrogen and oxygen atoms in total. The number of allylic oxidation sites excluding steroid dienone is 4. The highest BCUT2D eigenvalue weighted by atomic mass is 19.4. The van der Waals surface area contributed by atoms with Gasteiger partial charge >= 0.3 is 12.4 Å². The summed E-state index contributed by atoms with van der Waals surface area (Å²) in [6.45, 7) is 1.89. The zero-order chi connectivity index (χ0) is 21.3. The molecule has 0 saturated heterocycles. The molecule has 2 aliphatic carbocycles. The fourth-order valence-electron chi connectivity index (χ4n) is 3.69. The smallest absolute Gasteiger partial charge is 0.373 e. The molecule has 158 valence electrons. The van der Waals surface area contributed by atoms with Crippen molar-refractivity contribution in [2.75, 3.05) is 6.61 Å². The Kier molecular flexibility index (Phi) is 5.99. The van der Waals surface area contributed by atoms with Crippen molar-refractivity contribution in [2.24, 2.45) is 0 Å². The summed E-state index contributed by atoms with van der Waals surface area (Å²) in [7, 11) is 0. The summed E-state index contributed by atoms with van der Waals surface area (Å²) in [4.78, 5) is 0. The molecule has 0 amide bonds. The van der Waals surface area contributed by atoms with Gasteiger partial charge in [0.2, 0.25) is 0 Å². The molecule has 0 aromatic heterocycles. The van der Waals surface area contributed by atoms with Crippen molar-refractivity contribution < 1.29 is 31.1 Å². The number of rotatable bonds is 5. The highest BCUT2D eigenvalue weighted by Gasteiger charge is 2.41. The summed E-state index contributed by atoms with van der Waals surface area (Å²) < 4.78 is 84.7. The van der Waals surface area contributed by atoms with E-state index in [0.29, 0.717) is 6.61 Å². The minimum absolute atomic E-state index is 0.107. The molecule has 1 fully saturated rings. The van der Waals surface area contributed by atoms with Crippen LogP contribution in [-0.4, -0.2) is 25.1 Å². The Morgan fingerprint density at radius 3 is 2.14 bits per heavy atom. The van der Waals surface area contributed by atoms with E-state index in [1.54, 1.807) is 6.92 Å². The largest absolute Gasteiger partial charge is 0.416 e. The van der Waals surface area contributed by atoms with Crippen LogP contribution in [0, 0.1) is 0 Å². The Hall–Kier alpha value is -2.02. The molecular weight excluding hydrogens is 394 g/mol. The zero-order valence-corrected chi connectivity index (χ0v) is 15.9. The number of hydrogen-bond acceptors (Lipinski definition) is 1. The van der Waals surface area contributed by atoms with E-state index in [1.807, 2.05) is 30.3 Å². The first-order valence-corrected chi connectivity index (χ1v) is 9.45. The van der Waals surface area contributed by atoms with Crippen molar-refractivity contribution in [3.8, 4) is 0 Å². The van der Waals surface area contributed by atoms with Crippen molar-refractivity contribution in [3.63, 3.8) is 0 Å². The van der Waals surface area contributed by atoms with Gasteiger partial charge in [0.05, 0.1) is 18.3 Å². The summed E-state index contributed by atoms with van der Waals surface area (Å²) in [5.41, 5.74) is -1.50. The highest BCUT2D eigenvalue weighted by Crippen LogP contribution is 2.44. The fourth-order valence-corrected chi connectivity index (χ4v) is 3.69. The number of ether oxygens (including phenoxy) is 1. The third kappa shape index (κ3) is 4.94. The summed E-state index contributed by atoms with van der Waals surface area (Å²) >= 11 is 0. The molecule has 0 heterocycles. The van der Waals surface area contributed by atoms with Gasteiger partial charge in [0.25, 0.3) is 0 Å². The predicted molar refractivity (Wildman–Crippen MR) is 98.4 cm³/mol. The maximum atomic E-state index is 13.2. The second-order valence-electron chi connectivity index (χ2n) is 7.63. The molecule has 1 atom stereocenters. The number of halogens is 6. The Bertz CT molecular complexity index is 810. The van der Waals surface area contributed by atoms with Crippen LogP contribution in [0.5, 0.6) is 0 Å². The highest BCUT2D eigenvalue weighted by molar-refractivity contribution is 5.42. The molecule has 1 unspecified atom stereocenters. The van der Waals surface area contributed by atoms with Crippen molar-refractivity contribution in [1.82, 2.24) is 0 Å². The Morgan fingerprint density at radius 2 is 1.62 bits per heavy atom. The normalized spacial score (nSPS) is 20.7. The van der Waals surface area contributed by atoms with Gasteiger partial charge in [0.1, 0.15) is 0 Å². The molecular formula is C22H22F6O. The minimum Gasteiger partial charge on any atom is -0.373 e. The molecule has 2 aliphatic rings. The second kappa shape index (κ2) is 8.01. The lowest BCUT2D eigenvalue weighted by atomic mass is 9.65. The molecule has 3 rings (SSSR count). The van der Waals surface area contributed by atoms with E-state index in [9.17, 15) is 26.3 Å². The van der Waals surface area contributed by atoms with E-state index >= 15 is 0 Å². The van der Waals surface area contributed by atoms with Crippen molar-refractivity contribution in [3.05, 3.63) is 70.8 Å². The lowest BCUT2D eigenvalue weighted by molar-refractivity contribution is -0.0963. The van der Waals surface area contributed by atoms with E-state index in [4.69, 9.17) is 4.74 Å². The first kappa shape index (κ1) is 21.7. The molecule has 7 heteroatoms. The van der Waals surface area contributed by atoms with Crippen LogP contribution < -0.4 is 0 Å². The second-order valence-corrected chi connectivity index (χ2v) is 7.63. The van der Waals surface area contributed by atoms with Crippen molar-refractivity contribution in [2.45, 2.75) is 56.5 Å². The monoisotopic (exact) mass is 416 g/mol. The minimum atomic E-state index is -4.88. The summed E-state index contributed by atoms with van der Waals surface area (Å²) in [5.74, 6) is 0. The van der Waals surface area contributed by atoms with E-state index in [0.717, 1.165) is 30.9 Å². The van der Waals surface area contributed by atoms with E-state index in [1.165, 1.54) is 6.08 Å². The maximum absolute atomic E-state index is 13.2. The topological polar surface area (TPSA) is 9.23 Å². The number of benzene rings is 1. The quantitative estimate of drug-likeness (QED) is 0.479. The van der Waals surface area contributed by atoms with Gasteiger partial charge in [-0.05, 0) is 49.5 Å². The van der Waals surface area contributed by atoms with E-state index in [-0.39, 0.29) is 17.1 Å². The molecule has 0 bridgehead atoms. The molecule has 29 heavy (non-hydrogen) atoms. The molecule has 0 N–H and O–H groups in total. The van der Waals surface area contributed by atoms with Gasteiger partial charge in [-0.1, -0.05) is 42.8 Å². The molecule has 1 saturated carbocycles. The fraction of sp³-hybridized carbons (Fsp3) is 0.455. The zero-order valence-electron chi connectivity index (χ0n) is 15.9. The first-order chi connectivity index (χ1) is 13.5. The average Bonchev–Trinajstić information content (AvgIpc) is 2.85. The van der Waals surface area contributed by atoms with Gasteiger partial charge < -0.3 is 4.74 Å². The Labute approximate surface area is 165 Å². The third-order valence-electron chi connectivity index (χ3n) is 5.68. The van der Waals surface area contributed by atoms with Crippen LogP contribution in [0.2, 0.25) is 0 Å². The third-order valence-corrected chi connectivity index (χ3v) is 5.68. The summed E-state index contributed by atoms with van der Waals surface area (Å²) in [6, 6.07) is 9.76. The number of alkyl halides is 6. The van der Waals surface area contributed by atoms with E-state index < -0.39 is 36.0 Å². The lowest BCUT2D eigenvalue weighted by Crippen LogP contribution is -2.40. The first-order valence-electron chi connectivity index (χ1n) is 9.45. The van der Waals surface area contributed by atoms with Crippen molar-refractivity contribution in [1.29, 1.82) is 0 Å². The summed E-state index contributed by atoms with van der Waals surface area (Å²) in [6.07, 6.45) is -6.08. The van der Waals surface area contributed by atoms with Crippen LogP contribution in [0.1, 0.15) is 38.2 Å². The van der Waals surface area contributed by atoms with Crippen LogP contribution >= 0.6 is 0 Å². The van der Waals surface area contributed by atoms with Gasteiger partial charge in [-0.3, -0.25) is 0 Å². The average molecular weight is 416 g/mol. The van der Waals surface area contributed by atoms with Gasteiger partial charge in [-0.2, -0.15) is 26.3 Å². The molecule has 1 aromatic rings.